The van der Waals surface area contributed by atoms with Crippen LogP contribution in [0.2, 0.25) is 0 Å². The lowest BCUT2D eigenvalue weighted by Crippen LogP contribution is -2.45. The third-order valence-electron chi connectivity index (χ3n) is 3.30. The minimum Gasteiger partial charge on any atom is -0.369 e. The second kappa shape index (κ2) is 6.98. The lowest BCUT2D eigenvalue weighted by molar-refractivity contribution is 0.0485. The van der Waals surface area contributed by atoms with Gasteiger partial charge in [-0.05, 0) is 20.3 Å². The fourth-order valence-corrected chi connectivity index (χ4v) is 2.30. The number of rotatable bonds is 6. The molecule has 0 amide bonds. The summed E-state index contributed by atoms with van der Waals surface area (Å²) in [5.74, 6) is 1.35. The normalized spacial score (nSPS) is 18.9. The number of piperazine rings is 1. The number of nitrogens with zero attached hydrogens (tertiary/aromatic N) is 3. The number of aromatic nitrogens is 2. The summed E-state index contributed by atoms with van der Waals surface area (Å²) in [5, 5.41) is 7.47. The predicted octanol–water partition coefficient (Wildman–Crippen LogP) is 1.35. The molecule has 108 valence electrons. The third kappa shape index (κ3) is 3.99. The highest BCUT2D eigenvalue weighted by Crippen LogP contribution is 2.22. The van der Waals surface area contributed by atoms with E-state index in [-0.39, 0.29) is 12.1 Å². The summed E-state index contributed by atoms with van der Waals surface area (Å²) in [6.07, 6.45) is 1.16. The van der Waals surface area contributed by atoms with Crippen molar-refractivity contribution in [2.75, 3.05) is 26.2 Å². The molecule has 0 radical (unpaired) electrons. The lowest BCUT2D eigenvalue weighted by Gasteiger charge is -2.32. The van der Waals surface area contributed by atoms with Gasteiger partial charge in [0.2, 0.25) is 0 Å². The highest BCUT2D eigenvalue weighted by molar-refractivity contribution is 4.95. The van der Waals surface area contributed by atoms with E-state index in [1.54, 1.807) is 0 Å². The molecule has 1 saturated heterocycles. The first-order chi connectivity index (χ1) is 9.20. The summed E-state index contributed by atoms with van der Waals surface area (Å²) < 4.78 is 10.7. The zero-order chi connectivity index (χ0) is 13.7. The Labute approximate surface area is 114 Å². The fraction of sp³-hybridized carbons (Fsp3) is 0.846. The second-order valence-corrected chi connectivity index (χ2v) is 5.12. The Hall–Kier alpha value is -0.980. The maximum Gasteiger partial charge on any atom is 0.252 e. The Kier molecular flexibility index (Phi) is 5.30. The van der Waals surface area contributed by atoms with Crippen LogP contribution in [0.4, 0.5) is 0 Å². The van der Waals surface area contributed by atoms with Crippen LogP contribution in [0.25, 0.3) is 0 Å². The molecule has 0 aromatic carbocycles. The molecule has 2 rings (SSSR count). The van der Waals surface area contributed by atoms with E-state index in [9.17, 15) is 0 Å². The van der Waals surface area contributed by atoms with E-state index < -0.39 is 0 Å². The van der Waals surface area contributed by atoms with Crippen molar-refractivity contribution in [2.45, 2.75) is 45.9 Å². The summed E-state index contributed by atoms with van der Waals surface area (Å²) in [7, 11) is 0. The number of hydrogen-bond donors (Lipinski definition) is 1. The van der Waals surface area contributed by atoms with Crippen LogP contribution in [0.1, 0.15) is 44.9 Å². The standard InChI is InChI=1S/C13H24N4O2/c1-4-11(17-7-5-14-6-8-17)13-15-12(19-16-13)9-18-10(2)3/h10-11,14H,4-9H2,1-3H3. The SMILES string of the molecule is CCC(c1noc(COC(C)C)n1)N1CCNCC1. The van der Waals surface area contributed by atoms with Gasteiger partial charge in [-0.2, -0.15) is 4.98 Å². The summed E-state index contributed by atoms with van der Waals surface area (Å²) in [5.41, 5.74) is 0. The third-order valence-corrected chi connectivity index (χ3v) is 3.30. The molecule has 1 fully saturated rings. The van der Waals surface area contributed by atoms with Gasteiger partial charge in [0.1, 0.15) is 6.61 Å². The van der Waals surface area contributed by atoms with Crippen molar-refractivity contribution in [2.24, 2.45) is 0 Å². The van der Waals surface area contributed by atoms with Crippen molar-refractivity contribution in [1.82, 2.24) is 20.4 Å². The molecule has 0 aliphatic carbocycles. The Balaban J connectivity index is 1.98. The van der Waals surface area contributed by atoms with Crippen molar-refractivity contribution in [3.05, 3.63) is 11.7 Å². The van der Waals surface area contributed by atoms with Gasteiger partial charge in [0.05, 0.1) is 12.1 Å². The average molecular weight is 268 g/mol. The molecule has 1 aromatic heterocycles. The smallest absolute Gasteiger partial charge is 0.252 e. The summed E-state index contributed by atoms with van der Waals surface area (Å²) in [6, 6.07) is 0.249. The summed E-state index contributed by atoms with van der Waals surface area (Å²) in [4.78, 5) is 6.87. The van der Waals surface area contributed by atoms with E-state index in [0.717, 1.165) is 38.4 Å². The van der Waals surface area contributed by atoms with Crippen molar-refractivity contribution in [3.63, 3.8) is 0 Å². The van der Waals surface area contributed by atoms with Gasteiger partial charge >= 0.3 is 0 Å². The minimum absolute atomic E-state index is 0.172. The molecule has 1 atom stereocenters. The van der Waals surface area contributed by atoms with Gasteiger partial charge in [0.25, 0.3) is 5.89 Å². The minimum atomic E-state index is 0.172. The number of ether oxygens (including phenoxy) is 1. The molecule has 6 heteroatoms. The van der Waals surface area contributed by atoms with Gasteiger partial charge in [0, 0.05) is 26.2 Å². The van der Waals surface area contributed by atoms with Crippen LogP contribution >= 0.6 is 0 Å². The number of hydrogen-bond acceptors (Lipinski definition) is 6. The quantitative estimate of drug-likeness (QED) is 0.840. The van der Waals surface area contributed by atoms with Crippen LogP contribution in [0.5, 0.6) is 0 Å². The topological polar surface area (TPSA) is 63.4 Å². The fourth-order valence-electron chi connectivity index (χ4n) is 2.30. The molecule has 1 aliphatic heterocycles. The van der Waals surface area contributed by atoms with Gasteiger partial charge in [-0.25, -0.2) is 0 Å². The molecule has 1 unspecified atom stereocenters. The van der Waals surface area contributed by atoms with Crippen molar-refractivity contribution in [3.8, 4) is 0 Å². The molecule has 0 saturated carbocycles. The first-order valence-electron chi connectivity index (χ1n) is 7.09. The molecule has 19 heavy (non-hydrogen) atoms. The Morgan fingerprint density at radius 3 is 2.74 bits per heavy atom. The summed E-state index contributed by atoms with van der Waals surface area (Å²) in [6.45, 7) is 10.7. The average Bonchev–Trinajstić information content (AvgIpc) is 2.87. The monoisotopic (exact) mass is 268 g/mol. The Bertz CT molecular complexity index is 374. The highest BCUT2D eigenvalue weighted by Gasteiger charge is 2.24. The zero-order valence-corrected chi connectivity index (χ0v) is 12.1. The van der Waals surface area contributed by atoms with E-state index >= 15 is 0 Å². The van der Waals surface area contributed by atoms with Gasteiger partial charge in [-0.15, -0.1) is 0 Å². The lowest BCUT2D eigenvalue weighted by atomic mass is 10.1. The zero-order valence-electron chi connectivity index (χ0n) is 12.1. The van der Waals surface area contributed by atoms with E-state index in [2.05, 4.69) is 27.3 Å². The predicted molar refractivity (Wildman–Crippen MR) is 71.7 cm³/mol. The Morgan fingerprint density at radius 2 is 2.11 bits per heavy atom. The maximum absolute atomic E-state index is 5.48. The van der Waals surface area contributed by atoms with E-state index in [0.29, 0.717) is 12.5 Å². The molecule has 1 aliphatic rings. The first-order valence-corrected chi connectivity index (χ1v) is 7.09. The molecular weight excluding hydrogens is 244 g/mol. The van der Waals surface area contributed by atoms with Gasteiger partial charge in [-0.1, -0.05) is 12.1 Å². The molecule has 6 nitrogen and oxygen atoms in total. The molecule has 0 bridgehead atoms. The number of nitrogens with one attached hydrogen (secondary N) is 1. The van der Waals surface area contributed by atoms with E-state index in [4.69, 9.17) is 9.26 Å². The maximum atomic E-state index is 5.48. The van der Waals surface area contributed by atoms with Gasteiger partial charge in [-0.3, -0.25) is 4.90 Å². The molecule has 2 heterocycles. The van der Waals surface area contributed by atoms with Crippen LogP contribution in [0.3, 0.4) is 0 Å². The second-order valence-electron chi connectivity index (χ2n) is 5.12. The van der Waals surface area contributed by atoms with Crippen LogP contribution in [-0.4, -0.2) is 47.3 Å². The van der Waals surface area contributed by atoms with Gasteiger partial charge in [0.15, 0.2) is 5.82 Å². The van der Waals surface area contributed by atoms with Crippen molar-refractivity contribution >= 4 is 0 Å². The molecular formula is C13H24N4O2. The first kappa shape index (κ1) is 14.4. The summed E-state index contributed by atoms with van der Waals surface area (Å²) >= 11 is 0. The van der Waals surface area contributed by atoms with E-state index in [1.165, 1.54) is 0 Å². The van der Waals surface area contributed by atoms with Crippen molar-refractivity contribution < 1.29 is 9.26 Å². The molecule has 1 aromatic rings. The van der Waals surface area contributed by atoms with E-state index in [1.807, 2.05) is 13.8 Å². The largest absolute Gasteiger partial charge is 0.369 e. The van der Waals surface area contributed by atoms with Crippen LogP contribution in [0, 0.1) is 0 Å². The van der Waals surface area contributed by atoms with Crippen molar-refractivity contribution in [1.29, 1.82) is 0 Å². The van der Waals surface area contributed by atoms with Gasteiger partial charge < -0.3 is 14.6 Å². The Morgan fingerprint density at radius 1 is 1.37 bits per heavy atom. The molecule has 1 N–H and O–H groups in total. The molecule has 0 spiro atoms. The highest BCUT2D eigenvalue weighted by atomic mass is 16.5. The van der Waals surface area contributed by atoms with Crippen LogP contribution in [0.15, 0.2) is 4.52 Å². The van der Waals surface area contributed by atoms with Crippen LogP contribution < -0.4 is 5.32 Å². The van der Waals surface area contributed by atoms with Crippen LogP contribution in [-0.2, 0) is 11.3 Å².